The Bertz CT molecular complexity index is 442. The summed E-state index contributed by atoms with van der Waals surface area (Å²) in [4.78, 5) is 22.5. The summed E-state index contributed by atoms with van der Waals surface area (Å²) in [5.41, 5.74) is 0. The summed E-state index contributed by atoms with van der Waals surface area (Å²) in [7, 11) is 0. The number of carboxylic acid groups (broad SMARTS) is 1. The third-order valence-corrected chi connectivity index (χ3v) is 2.82. The first-order valence-electron chi connectivity index (χ1n) is 6.13. The van der Waals surface area contributed by atoms with E-state index in [0.717, 1.165) is 6.42 Å². The van der Waals surface area contributed by atoms with E-state index in [9.17, 15) is 9.59 Å². The van der Waals surface area contributed by atoms with Gasteiger partial charge in [-0.1, -0.05) is 13.8 Å². The maximum atomic E-state index is 11.7. The van der Waals surface area contributed by atoms with Crippen LogP contribution in [0.2, 0.25) is 5.22 Å². The van der Waals surface area contributed by atoms with Crippen molar-refractivity contribution in [2.45, 2.75) is 26.7 Å². The second-order valence-corrected chi connectivity index (χ2v) is 5.28. The largest absolute Gasteiger partial charge is 0.481 e. The van der Waals surface area contributed by atoms with Crippen molar-refractivity contribution in [1.29, 1.82) is 0 Å². The Morgan fingerprint density at radius 3 is 2.58 bits per heavy atom. The van der Waals surface area contributed by atoms with Crippen LogP contribution in [0.1, 0.15) is 37.2 Å². The molecule has 0 spiro atoms. The van der Waals surface area contributed by atoms with Crippen LogP contribution in [0.3, 0.4) is 0 Å². The highest BCUT2D eigenvalue weighted by molar-refractivity contribution is 6.29. The van der Waals surface area contributed by atoms with Gasteiger partial charge >= 0.3 is 5.97 Å². The summed E-state index contributed by atoms with van der Waals surface area (Å²) in [6.45, 7) is 4.34. The second kappa shape index (κ2) is 7.19. The van der Waals surface area contributed by atoms with E-state index in [0.29, 0.717) is 12.5 Å². The van der Waals surface area contributed by atoms with Crippen LogP contribution >= 0.6 is 11.6 Å². The van der Waals surface area contributed by atoms with Crippen molar-refractivity contribution in [3.63, 3.8) is 0 Å². The van der Waals surface area contributed by atoms with E-state index in [-0.39, 0.29) is 29.2 Å². The highest BCUT2D eigenvalue weighted by atomic mass is 35.5. The molecule has 5 nitrogen and oxygen atoms in total. The topological polar surface area (TPSA) is 79.5 Å². The van der Waals surface area contributed by atoms with E-state index in [2.05, 4.69) is 5.32 Å². The molecule has 0 aliphatic heterocycles. The summed E-state index contributed by atoms with van der Waals surface area (Å²) in [6.07, 6.45) is 0.781. The van der Waals surface area contributed by atoms with Crippen LogP contribution < -0.4 is 5.32 Å². The number of halogens is 1. The summed E-state index contributed by atoms with van der Waals surface area (Å²) in [5.74, 6) is -0.832. The molecule has 1 rings (SSSR count). The molecule has 106 valence electrons. The van der Waals surface area contributed by atoms with E-state index < -0.39 is 5.97 Å². The van der Waals surface area contributed by atoms with Crippen LogP contribution in [-0.4, -0.2) is 23.5 Å². The average molecular weight is 288 g/mol. The molecule has 0 aromatic carbocycles. The summed E-state index contributed by atoms with van der Waals surface area (Å²) >= 11 is 5.58. The van der Waals surface area contributed by atoms with E-state index in [1.54, 1.807) is 0 Å². The number of carbonyl (C=O) groups excluding carboxylic acids is 1. The third-order valence-electron chi connectivity index (χ3n) is 2.62. The number of carbonyl (C=O) groups is 2. The fourth-order valence-electron chi connectivity index (χ4n) is 1.91. The molecule has 0 aliphatic rings. The zero-order valence-corrected chi connectivity index (χ0v) is 11.7. The first-order chi connectivity index (χ1) is 8.88. The molecule has 1 atom stereocenters. The van der Waals surface area contributed by atoms with Gasteiger partial charge in [-0.2, -0.15) is 0 Å². The molecule has 1 aromatic rings. The number of carboxylic acids is 1. The van der Waals surface area contributed by atoms with Crippen molar-refractivity contribution in [1.82, 2.24) is 5.32 Å². The minimum Gasteiger partial charge on any atom is -0.481 e. The summed E-state index contributed by atoms with van der Waals surface area (Å²) in [6, 6.07) is 2.96. The summed E-state index contributed by atoms with van der Waals surface area (Å²) < 4.78 is 4.98. The van der Waals surface area contributed by atoms with Crippen LogP contribution in [0.15, 0.2) is 16.5 Å². The third kappa shape index (κ3) is 5.79. The summed E-state index contributed by atoms with van der Waals surface area (Å²) in [5, 5.41) is 11.6. The molecule has 0 bridgehead atoms. The number of nitrogens with one attached hydrogen (secondary N) is 1. The second-order valence-electron chi connectivity index (χ2n) is 4.91. The van der Waals surface area contributed by atoms with E-state index >= 15 is 0 Å². The highest BCUT2D eigenvalue weighted by Gasteiger charge is 2.17. The minimum absolute atomic E-state index is 0.0391. The molecule has 1 aromatic heterocycles. The maximum Gasteiger partial charge on any atom is 0.303 e. The SMILES string of the molecule is CC(C)CC(CNC(=O)c1ccc(Cl)o1)CC(=O)O. The Labute approximate surface area is 116 Å². The van der Waals surface area contributed by atoms with Crippen LogP contribution in [0.4, 0.5) is 0 Å². The van der Waals surface area contributed by atoms with Crippen molar-refractivity contribution < 1.29 is 19.1 Å². The lowest BCUT2D eigenvalue weighted by Gasteiger charge is -2.17. The smallest absolute Gasteiger partial charge is 0.303 e. The van der Waals surface area contributed by atoms with Crippen molar-refractivity contribution in [2.24, 2.45) is 11.8 Å². The maximum absolute atomic E-state index is 11.7. The van der Waals surface area contributed by atoms with Crippen molar-refractivity contribution in [3.05, 3.63) is 23.1 Å². The molecule has 0 saturated carbocycles. The van der Waals surface area contributed by atoms with Gasteiger partial charge in [0, 0.05) is 13.0 Å². The van der Waals surface area contributed by atoms with Crippen molar-refractivity contribution >= 4 is 23.5 Å². The Morgan fingerprint density at radius 2 is 2.11 bits per heavy atom. The van der Waals surface area contributed by atoms with E-state index in [1.807, 2.05) is 13.8 Å². The lowest BCUT2D eigenvalue weighted by molar-refractivity contribution is -0.138. The van der Waals surface area contributed by atoms with Crippen molar-refractivity contribution in [3.8, 4) is 0 Å². The van der Waals surface area contributed by atoms with Gasteiger partial charge in [-0.15, -0.1) is 0 Å². The molecule has 2 N–H and O–H groups in total. The van der Waals surface area contributed by atoms with Crippen LogP contribution in [0.5, 0.6) is 0 Å². The Hall–Kier alpha value is -1.49. The number of aliphatic carboxylic acids is 1. The minimum atomic E-state index is -0.860. The van der Waals surface area contributed by atoms with Gasteiger partial charge in [0.15, 0.2) is 11.0 Å². The molecule has 0 saturated heterocycles. The van der Waals surface area contributed by atoms with Crippen LogP contribution in [-0.2, 0) is 4.79 Å². The van der Waals surface area contributed by atoms with Crippen LogP contribution in [0.25, 0.3) is 0 Å². The Morgan fingerprint density at radius 1 is 1.42 bits per heavy atom. The van der Waals surface area contributed by atoms with Gasteiger partial charge < -0.3 is 14.8 Å². The standard InChI is InChI=1S/C13H18ClNO4/c1-8(2)5-9(6-12(16)17)7-15-13(18)10-3-4-11(14)19-10/h3-4,8-9H,5-7H2,1-2H3,(H,15,18)(H,16,17). The lowest BCUT2D eigenvalue weighted by atomic mass is 9.94. The number of hydrogen-bond acceptors (Lipinski definition) is 3. The molecule has 1 heterocycles. The lowest BCUT2D eigenvalue weighted by Crippen LogP contribution is -2.30. The van der Waals surface area contributed by atoms with Gasteiger partial charge in [-0.25, -0.2) is 0 Å². The zero-order chi connectivity index (χ0) is 14.4. The normalized spacial score (nSPS) is 12.4. The molecule has 0 fully saturated rings. The first-order valence-corrected chi connectivity index (χ1v) is 6.51. The van der Waals surface area contributed by atoms with Crippen LogP contribution in [0, 0.1) is 11.8 Å². The number of rotatable bonds is 7. The predicted molar refractivity (Wildman–Crippen MR) is 71.2 cm³/mol. The van der Waals surface area contributed by atoms with E-state index in [1.165, 1.54) is 12.1 Å². The number of amides is 1. The quantitative estimate of drug-likeness (QED) is 0.808. The molecule has 1 amide bonds. The predicted octanol–water partition coefficient (Wildman–Crippen LogP) is 2.80. The fourth-order valence-corrected chi connectivity index (χ4v) is 2.06. The van der Waals surface area contributed by atoms with Gasteiger partial charge in [0.25, 0.3) is 5.91 Å². The molecule has 1 unspecified atom stereocenters. The van der Waals surface area contributed by atoms with Gasteiger partial charge in [-0.05, 0) is 42.0 Å². The van der Waals surface area contributed by atoms with Crippen molar-refractivity contribution in [2.75, 3.05) is 6.54 Å². The molecule has 0 radical (unpaired) electrons. The molecule has 19 heavy (non-hydrogen) atoms. The molecular formula is C13H18ClNO4. The van der Waals surface area contributed by atoms with Gasteiger partial charge in [-0.3, -0.25) is 9.59 Å². The fraction of sp³-hybridized carbons (Fsp3) is 0.538. The number of hydrogen-bond donors (Lipinski definition) is 2. The molecule has 0 aliphatic carbocycles. The molecule has 6 heteroatoms. The number of furan rings is 1. The van der Waals surface area contributed by atoms with E-state index in [4.69, 9.17) is 21.1 Å². The first kappa shape index (κ1) is 15.6. The highest BCUT2D eigenvalue weighted by Crippen LogP contribution is 2.16. The Kier molecular flexibility index (Phi) is 5.89. The zero-order valence-electron chi connectivity index (χ0n) is 11.0. The molecular weight excluding hydrogens is 270 g/mol. The Balaban J connectivity index is 2.50. The van der Waals surface area contributed by atoms with Gasteiger partial charge in [0.1, 0.15) is 0 Å². The van der Waals surface area contributed by atoms with Gasteiger partial charge in [0.05, 0.1) is 0 Å². The van der Waals surface area contributed by atoms with Gasteiger partial charge in [0.2, 0.25) is 0 Å². The monoisotopic (exact) mass is 287 g/mol. The average Bonchev–Trinajstić information content (AvgIpc) is 2.71.